The van der Waals surface area contributed by atoms with Crippen molar-refractivity contribution in [3.8, 4) is 0 Å². The SMILES string of the molecule is O=C(CC[C@@H]1CCCO1)N1CCC(c2[nH]ncc2C(=O)N2CCc3ccccc3C2)CC1. The van der Waals surface area contributed by atoms with Crippen molar-refractivity contribution in [1.29, 1.82) is 0 Å². The van der Waals surface area contributed by atoms with Crippen molar-refractivity contribution in [2.45, 2.75) is 63.5 Å². The van der Waals surface area contributed by atoms with Crippen LogP contribution < -0.4 is 0 Å². The number of nitrogens with zero attached hydrogens (tertiary/aromatic N) is 3. The van der Waals surface area contributed by atoms with Gasteiger partial charge >= 0.3 is 0 Å². The summed E-state index contributed by atoms with van der Waals surface area (Å²) >= 11 is 0. The summed E-state index contributed by atoms with van der Waals surface area (Å²) in [5.41, 5.74) is 4.18. The molecule has 3 aliphatic heterocycles. The third-order valence-corrected chi connectivity index (χ3v) is 7.28. The Labute approximate surface area is 189 Å². The molecule has 3 aliphatic rings. The monoisotopic (exact) mass is 436 g/mol. The summed E-state index contributed by atoms with van der Waals surface area (Å²) in [5, 5.41) is 7.32. The Morgan fingerprint density at radius 1 is 1.06 bits per heavy atom. The minimum absolute atomic E-state index is 0.0540. The van der Waals surface area contributed by atoms with Gasteiger partial charge in [-0.1, -0.05) is 24.3 Å². The van der Waals surface area contributed by atoms with Gasteiger partial charge in [0.05, 0.1) is 23.6 Å². The van der Waals surface area contributed by atoms with Crippen LogP contribution in [0.1, 0.15) is 71.6 Å². The summed E-state index contributed by atoms with van der Waals surface area (Å²) in [4.78, 5) is 29.8. The molecule has 4 heterocycles. The van der Waals surface area contributed by atoms with E-state index in [0.29, 0.717) is 18.5 Å². The molecule has 1 aromatic carbocycles. The molecular weight excluding hydrogens is 404 g/mol. The number of likely N-dealkylation sites (tertiary alicyclic amines) is 1. The van der Waals surface area contributed by atoms with E-state index >= 15 is 0 Å². The lowest BCUT2D eigenvalue weighted by molar-refractivity contribution is -0.132. The van der Waals surface area contributed by atoms with Crippen molar-refractivity contribution < 1.29 is 14.3 Å². The lowest BCUT2D eigenvalue weighted by Crippen LogP contribution is -2.39. The van der Waals surface area contributed by atoms with Crippen LogP contribution >= 0.6 is 0 Å². The van der Waals surface area contributed by atoms with Gasteiger partial charge < -0.3 is 14.5 Å². The van der Waals surface area contributed by atoms with Crippen LogP contribution in [0.5, 0.6) is 0 Å². The molecule has 0 radical (unpaired) electrons. The van der Waals surface area contributed by atoms with Gasteiger partial charge in [-0.3, -0.25) is 14.7 Å². The molecule has 0 unspecified atom stereocenters. The van der Waals surface area contributed by atoms with Crippen LogP contribution in [-0.4, -0.2) is 64.2 Å². The number of H-pyrrole nitrogens is 1. The second-order valence-corrected chi connectivity index (χ2v) is 9.27. The summed E-state index contributed by atoms with van der Waals surface area (Å²) in [5.74, 6) is 0.515. The molecule has 0 saturated carbocycles. The predicted molar refractivity (Wildman–Crippen MR) is 120 cm³/mol. The number of aromatic nitrogens is 2. The normalized spacial score (nSPS) is 21.6. The van der Waals surface area contributed by atoms with Gasteiger partial charge in [0.1, 0.15) is 0 Å². The second kappa shape index (κ2) is 9.45. The Kier molecular flexibility index (Phi) is 6.26. The number of hydrogen-bond donors (Lipinski definition) is 1. The Hall–Kier alpha value is -2.67. The smallest absolute Gasteiger partial charge is 0.257 e. The lowest BCUT2D eigenvalue weighted by Gasteiger charge is -2.33. The van der Waals surface area contributed by atoms with Crippen molar-refractivity contribution in [1.82, 2.24) is 20.0 Å². The summed E-state index contributed by atoms with van der Waals surface area (Å²) < 4.78 is 5.64. The summed E-state index contributed by atoms with van der Waals surface area (Å²) in [6, 6.07) is 8.35. The zero-order valence-electron chi connectivity index (χ0n) is 18.6. The maximum absolute atomic E-state index is 13.3. The number of ether oxygens (including phenoxy) is 1. The maximum Gasteiger partial charge on any atom is 0.257 e. The number of fused-ring (bicyclic) bond motifs is 1. The van der Waals surface area contributed by atoms with Crippen molar-refractivity contribution in [2.75, 3.05) is 26.2 Å². The van der Waals surface area contributed by atoms with Crippen molar-refractivity contribution in [3.63, 3.8) is 0 Å². The Morgan fingerprint density at radius 3 is 2.66 bits per heavy atom. The van der Waals surface area contributed by atoms with Gasteiger partial charge in [-0.2, -0.15) is 5.10 Å². The number of benzene rings is 1. The second-order valence-electron chi connectivity index (χ2n) is 9.27. The first-order chi connectivity index (χ1) is 15.7. The molecule has 2 fully saturated rings. The first kappa shape index (κ1) is 21.2. The number of nitrogens with one attached hydrogen (secondary N) is 1. The molecule has 32 heavy (non-hydrogen) atoms. The number of rotatable bonds is 5. The highest BCUT2D eigenvalue weighted by molar-refractivity contribution is 5.95. The zero-order valence-corrected chi connectivity index (χ0v) is 18.6. The number of piperidine rings is 1. The van der Waals surface area contributed by atoms with E-state index in [1.54, 1.807) is 6.20 Å². The van der Waals surface area contributed by atoms with E-state index in [1.165, 1.54) is 11.1 Å². The number of carbonyl (C=O) groups is 2. The van der Waals surface area contributed by atoms with E-state index in [0.717, 1.165) is 70.5 Å². The summed E-state index contributed by atoms with van der Waals surface area (Å²) in [6.45, 7) is 3.69. The minimum atomic E-state index is 0.0540. The van der Waals surface area contributed by atoms with Gasteiger partial charge in [0, 0.05) is 45.1 Å². The van der Waals surface area contributed by atoms with Crippen molar-refractivity contribution >= 4 is 11.8 Å². The van der Waals surface area contributed by atoms with Crippen LogP contribution in [-0.2, 0) is 22.5 Å². The fourth-order valence-electron chi connectivity index (χ4n) is 5.35. The summed E-state index contributed by atoms with van der Waals surface area (Å²) in [7, 11) is 0. The van der Waals surface area contributed by atoms with Crippen molar-refractivity contribution in [3.05, 3.63) is 52.8 Å². The highest BCUT2D eigenvalue weighted by atomic mass is 16.5. The van der Waals surface area contributed by atoms with E-state index in [4.69, 9.17) is 4.74 Å². The van der Waals surface area contributed by atoms with Gasteiger partial charge in [0.15, 0.2) is 0 Å². The number of carbonyl (C=O) groups excluding carboxylic acids is 2. The Bertz CT molecular complexity index is 958. The van der Waals surface area contributed by atoms with Gasteiger partial charge in [-0.05, 0) is 49.7 Å². The molecule has 2 aromatic rings. The summed E-state index contributed by atoms with van der Waals surface area (Å²) in [6.07, 6.45) is 8.13. The molecule has 170 valence electrons. The molecule has 0 bridgehead atoms. The molecular formula is C25H32N4O3. The third kappa shape index (κ3) is 4.44. The van der Waals surface area contributed by atoms with Crippen LogP contribution in [0.2, 0.25) is 0 Å². The number of hydrogen-bond acceptors (Lipinski definition) is 4. The minimum Gasteiger partial charge on any atom is -0.378 e. The van der Waals surface area contributed by atoms with E-state index in [1.807, 2.05) is 15.9 Å². The molecule has 0 aliphatic carbocycles. The van der Waals surface area contributed by atoms with E-state index in [2.05, 4.69) is 28.4 Å². The third-order valence-electron chi connectivity index (χ3n) is 7.28. The fourth-order valence-corrected chi connectivity index (χ4v) is 5.35. The number of amides is 2. The molecule has 1 N–H and O–H groups in total. The Morgan fingerprint density at radius 2 is 1.88 bits per heavy atom. The first-order valence-corrected chi connectivity index (χ1v) is 12.0. The first-order valence-electron chi connectivity index (χ1n) is 12.0. The molecule has 5 rings (SSSR count). The van der Waals surface area contributed by atoms with Gasteiger partial charge in [0.2, 0.25) is 5.91 Å². The molecule has 0 spiro atoms. The van der Waals surface area contributed by atoms with Crippen LogP contribution in [0.3, 0.4) is 0 Å². The van der Waals surface area contributed by atoms with E-state index in [9.17, 15) is 9.59 Å². The lowest BCUT2D eigenvalue weighted by atomic mass is 9.90. The van der Waals surface area contributed by atoms with E-state index < -0.39 is 0 Å². The largest absolute Gasteiger partial charge is 0.378 e. The van der Waals surface area contributed by atoms with Gasteiger partial charge in [0.25, 0.3) is 5.91 Å². The van der Waals surface area contributed by atoms with E-state index in [-0.39, 0.29) is 23.8 Å². The van der Waals surface area contributed by atoms with Gasteiger partial charge in [-0.15, -0.1) is 0 Å². The van der Waals surface area contributed by atoms with Crippen molar-refractivity contribution in [2.24, 2.45) is 0 Å². The number of aromatic amines is 1. The zero-order chi connectivity index (χ0) is 21.9. The van der Waals surface area contributed by atoms with Crippen LogP contribution in [0, 0.1) is 0 Å². The molecule has 1 aromatic heterocycles. The van der Waals surface area contributed by atoms with Crippen LogP contribution in [0.15, 0.2) is 30.5 Å². The molecule has 7 heteroatoms. The van der Waals surface area contributed by atoms with Gasteiger partial charge in [-0.25, -0.2) is 0 Å². The average Bonchev–Trinajstić information content (AvgIpc) is 3.54. The van der Waals surface area contributed by atoms with Crippen LogP contribution in [0.4, 0.5) is 0 Å². The molecule has 2 amide bonds. The fraction of sp³-hybridized carbons (Fsp3) is 0.560. The molecule has 2 saturated heterocycles. The van der Waals surface area contributed by atoms with Crippen LogP contribution in [0.25, 0.3) is 0 Å². The highest BCUT2D eigenvalue weighted by Crippen LogP contribution is 2.31. The Balaban J connectivity index is 1.17. The molecule has 7 nitrogen and oxygen atoms in total. The highest BCUT2D eigenvalue weighted by Gasteiger charge is 2.31. The topological polar surface area (TPSA) is 78.5 Å². The quantitative estimate of drug-likeness (QED) is 0.780. The standard InChI is InChI=1S/C25H32N4O3/c30-23(8-7-21-6-3-15-32-21)28-12-10-19(11-13-28)24-22(16-26-27-24)25(31)29-14-9-18-4-1-2-5-20(18)17-29/h1-2,4-5,16,19,21H,3,6-15,17H2,(H,26,27)/t21-/m0/s1. The molecule has 1 atom stereocenters. The average molecular weight is 437 g/mol. The predicted octanol–water partition coefficient (Wildman–Crippen LogP) is 3.27. The maximum atomic E-state index is 13.3.